The largest absolute Gasteiger partial charge is 0.299 e. The summed E-state index contributed by atoms with van der Waals surface area (Å²) in [4.78, 5) is 10.8. The molecule has 0 rings (SSSR count). The van der Waals surface area contributed by atoms with Crippen molar-refractivity contribution in [3.63, 3.8) is 0 Å². The minimum Gasteiger partial charge on any atom is -0.299 e. The van der Waals surface area contributed by atoms with Crippen LogP contribution in [-0.2, 0) is 9.36 Å². The number of ketones is 1. The minimum atomic E-state index is -0.0515. The molecule has 0 unspecified atom stereocenters. The van der Waals surface area contributed by atoms with E-state index in [2.05, 4.69) is 6.58 Å². The number of rotatable bonds is 8. The Morgan fingerprint density at radius 3 is 2.67 bits per heavy atom. The summed E-state index contributed by atoms with van der Waals surface area (Å²) in [6.45, 7) is 3.61. The maximum atomic E-state index is 10.8. The van der Waals surface area contributed by atoms with Gasteiger partial charge in [0.2, 0.25) is 0 Å². The van der Waals surface area contributed by atoms with Crippen LogP contribution in [0.25, 0.3) is 0 Å². The lowest BCUT2D eigenvalue weighted by molar-refractivity contribution is -0.116. The molecular weight excluding hydrogens is 171 g/mol. The number of hydrogen-bond donors (Lipinski definition) is 0. The molecule has 0 aromatic rings. The van der Waals surface area contributed by atoms with Crippen molar-refractivity contribution < 1.29 is 9.36 Å². The molecule has 0 N–H and O–H groups in total. The molecule has 0 amide bonds. The fourth-order valence-corrected chi connectivity index (χ4v) is 1.24. The molecule has 0 bridgehead atoms. The number of carbonyl (C=O) groups is 1. The van der Waals surface area contributed by atoms with Gasteiger partial charge in [-0.25, -0.2) is 0 Å². The molecule has 0 heterocycles. The molecule has 0 fully saturated rings. The van der Waals surface area contributed by atoms with Crippen LogP contribution >= 0.6 is 8.46 Å². The third kappa shape index (κ3) is 7.62. The molecule has 0 aliphatic heterocycles. The van der Waals surface area contributed by atoms with E-state index in [0.717, 1.165) is 25.7 Å². The lowest BCUT2D eigenvalue weighted by Crippen LogP contribution is -1.98. The average molecular weight is 186 g/mol. The van der Waals surface area contributed by atoms with Gasteiger partial charge in [-0.2, -0.15) is 0 Å². The van der Waals surface area contributed by atoms with Gasteiger partial charge in [-0.15, -0.1) is 6.58 Å². The van der Waals surface area contributed by atoms with Crippen LogP contribution in [0.3, 0.4) is 0 Å². The van der Waals surface area contributed by atoms with E-state index < -0.39 is 0 Å². The zero-order valence-electron chi connectivity index (χ0n) is 7.29. The minimum absolute atomic E-state index is 0.0515. The van der Waals surface area contributed by atoms with Crippen molar-refractivity contribution in [1.29, 1.82) is 0 Å². The second-order valence-electron chi connectivity index (χ2n) is 2.71. The standard InChI is InChI=1S/C9H15O2P/c1-2-3-4-5-6-7-9(10)8-12-11/h2H,1,3-8H2. The van der Waals surface area contributed by atoms with Gasteiger partial charge in [-0.1, -0.05) is 12.5 Å². The highest BCUT2D eigenvalue weighted by Crippen LogP contribution is 2.05. The van der Waals surface area contributed by atoms with Crippen LogP contribution in [0.5, 0.6) is 0 Å². The number of allylic oxidation sites excluding steroid dienone is 1. The van der Waals surface area contributed by atoms with Crippen LogP contribution in [0.2, 0.25) is 0 Å². The highest BCUT2D eigenvalue weighted by molar-refractivity contribution is 7.25. The highest BCUT2D eigenvalue weighted by atomic mass is 31.1. The Hall–Kier alpha value is -0.490. The SMILES string of the molecule is C=CCCCCCC(=O)CP=O. The molecule has 0 aliphatic carbocycles. The number of hydrogen-bond acceptors (Lipinski definition) is 2. The Balaban J connectivity index is 3.13. The van der Waals surface area contributed by atoms with Crippen LogP contribution < -0.4 is 0 Å². The number of unbranched alkanes of at least 4 members (excludes halogenated alkanes) is 3. The van der Waals surface area contributed by atoms with Gasteiger partial charge in [0.15, 0.2) is 8.46 Å². The lowest BCUT2D eigenvalue weighted by Gasteiger charge is -1.95. The predicted molar refractivity (Wildman–Crippen MR) is 50.8 cm³/mol. The van der Waals surface area contributed by atoms with E-state index in [1.807, 2.05) is 6.08 Å². The smallest absolute Gasteiger partial charge is 0.163 e. The van der Waals surface area contributed by atoms with Crippen molar-refractivity contribution in [2.75, 3.05) is 6.16 Å². The predicted octanol–water partition coefficient (Wildman–Crippen LogP) is 2.98. The van der Waals surface area contributed by atoms with Crippen LogP contribution in [0.15, 0.2) is 12.7 Å². The van der Waals surface area contributed by atoms with Crippen molar-refractivity contribution >= 4 is 14.2 Å². The number of Topliss-reactive ketones (excluding diaryl/α,β-unsaturated/α-hetero) is 1. The molecule has 0 radical (unpaired) electrons. The molecule has 2 nitrogen and oxygen atoms in total. The van der Waals surface area contributed by atoms with Crippen LogP contribution in [0.1, 0.15) is 32.1 Å². The van der Waals surface area contributed by atoms with E-state index in [-0.39, 0.29) is 20.4 Å². The van der Waals surface area contributed by atoms with Crippen molar-refractivity contribution in [1.82, 2.24) is 0 Å². The molecule has 3 heteroatoms. The quantitative estimate of drug-likeness (QED) is 0.332. The maximum absolute atomic E-state index is 10.8. The third-order valence-corrected chi connectivity index (χ3v) is 2.09. The fraction of sp³-hybridized carbons (Fsp3) is 0.667. The van der Waals surface area contributed by atoms with Gasteiger partial charge in [0.25, 0.3) is 0 Å². The normalized spacial score (nSPS) is 10.0. The molecule has 0 saturated carbocycles. The first kappa shape index (κ1) is 11.5. The van der Waals surface area contributed by atoms with Gasteiger partial charge in [0.1, 0.15) is 5.78 Å². The summed E-state index contributed by atoms with van der Waals surface area (Å²) in [5.41, 5.74) is 0. The van der Waals surface area contributed by atoms with E-state index in [9.17, 15) is 9.36 Å². The Morgan fingerprint density at radius 2 is 2.08 bits per heavy atom. The zero-order chi connectivity index (χ0) is 9.23. The van der Waals surface area contributed by atoms with E-state index in [1.54, 1.807) is 0 Å². The summed E-state index contributed by atoms with van der Waals surface area (Å²) in [5.74, 6) is 0.102. The first-order chi connectivity index (χ1) is 5.81. The van der Waals surface area contributed by atoms with Gasteiger partial charge >= 0.3 is 0 Å². The summed E-state index contributed by atoms with van der Waals surface area (Å²) in [6.07, 6.45) is 6.75. The fourth-order valence-electron chi connectivity index (χ4n) is 0.939. The summed E-state index contributed by atoms with van der Waals surface area (Å²) in [6, 6.07) is 0. The molecule has 0 aromatic heterocycles. The van der Waals surface area contributed by atoms with Crippen LogP contribution in [-0.4, -0.2) is 11.9 Å². The van der Waals surface area contributed by atoms with Gasteiger partial charge in [0.05, 0.1) is 6.16 Å². The molecule has 0 spiro atoms. The van der Waals surface area contributed by atoms with Gasteiger partial charge < -0.3 is 0 Å². The Kier molecular flexibility index (Phi) is 8.25. The van der Waals surface area contributed by atoms with Crippen molar-refractivity contribution in [2.45, 2.75) is 32.1 Å². The topological polar surface area (TPSA) is 34.1 Å². The molecule has 12 heavy (non-hydrogen) atoms. The summed E-state index contributed by atoms with van der Waals surface area (Å²) >= 11 is 0. The first-order valence-electron chi connectivity index (χ1n) is 4.23. The summed E-state index contributed by atoms with van der Waals surface area (Å²) in [7, 11) is -0.0515. The summed E-state index contributed by atoms with van der Waals surface area (Å²) in [5, 5.41) is 0. The maximum Gasteiger partial charge on any atom is 0.163 e. The molecule has 0 aliphatic rings. The van der Waals surface area contributed by atoms with Crippen molar-refractivity contribution in [3.8, 4) is 0 Å². The average Bonchev–Trinajstić information content (AvgIpc) is 2.05. The first-order valence-corrected chi connectivity index (χ1v) is 5.22. The zero-order valence-corrected chi connectivity index (χ0v) is 8.19. The molecule has 0 aromatic carbocycles. The number of carbonyl (C=O) groups excluding carboxylic acids is 1. The van der Waals surface area contributed by atoms with Crippen LogP contribution in [0, 0.1) is 0 Å². The molecule has 68 valence electrons. The molecule has 0 atom stereocenters. The monoisotopic (exact) mass is 186 g/mol. The van der Waals surface area contributed by atoms with Gasteiger partial charge in [-0.05, 0) is 19.3 Å². The summed E-state index contributed by atoms with van der Waals surface area (Å²) < 4.78 is 10.0. The van der Waals surface area contributed by atoms with Crippen molar-refractivity contribution in [2.24, 2.45) is 0 Å². The third-order valence-electron chi connectivity index (χ3n) is 1.60. The second-order valence-corrected chi connectivity index (χ2v) is 3.29. The van der Waals surface area contributed by atoms with E-state index in [1.165, 1.54) is 0 Å². The van der Waals surface area contributed by atoms with Crippen LogP contribution in [0.4, 0.5) is 0 Å². The highest BCUT2D eigenvalue weighted by Gasteiger charge is 1.99. The van der Waals surface area contributed by atoms with E-state index >= 15 is 0 Å². The van der Waals surface area contributed by atoms with Gasteiger partial charge in [0, 0.05) is 6.42 Å². The Bertz CT molecular complexity index is 155. The lowest BCUT2D eigenvalue weighted by atomic mass is 10.1. The van der Waals surface area contributed by atoms with Gasteiger partial charge in [-0.3, -0.25) is 9.36 Å². The molecular formula is C9H15O2P. The Labute approximate surface area is 75.3 Å². The van der Waals surface area contributed by atoms with E-state index in [4.69, 9.17) is 0 Å². The second kappa shape index (κ2) is 8.61. The molecule has 0 saturated heterocycles. The van der Waals surface area contributed by atoms with E-state index in [0.29, 0.717) is 6.42 Å². The van der Waals surface area contributed by atoms with Crippen molar-refractivity contribution in [3.05, 3.63) is 12.7 Å². The Morgan fingerprint density at radius 1 is 1.33 bits per heavy atom.